The van der Waals surface area contributed by atoms with Crippen molar-refractivity contribution in [2.45, 2.75) is 64.0 Å². The molecule has 1 aromatic heterocycles. The maximum Gasteiger partial charge on any atom is 0.128 e. The number of nitrogens with one attached hydrogen (secondary N) is 1. The molecular weight excluding hydrogens is 306 g/mol. The summed E-state index contributed by atoms with van der Waals surface area (Å²) in [5.74, 6) is 3.35. The van der Waals surface area contributed by atoms with Crippen LogP contribution in [0.5, 0.6) is 0 Å². The van der Waals surface area contributed by atoms with Crippen LogP contribution in [0.4, 0.5) is 0 Å². The van der Waals surface area contributed by atoms with E-state index in [1.54, 1.807) is 0 Å². The average Bonchev–Trinajstić information content (AvgIpc) is 2.65. The van der Waals surface area contributed by atoms with Gasteiger partial charge in [0.05, 0.1) is 0 Å². The molecule has 1 aromatic carbocycles. The van der Waals surface area contributed by atoms with E-state index >= 15 is 0 Å². The highest BCUT2D eigenvalue weighted by Crippen LogP contribution is 2.54. The summed E-state index contributed by atoms with van der Waals surface area (Å²) >= 11 is 0. The second-order valence-electron chi connectivity index (χ2n) is 7.71. The van der Waals surface area contributed by atoms with Gasteiger partial charge in [-0.2, -0.15) is 0 Å². The lowest BCUT2D eigenvalue weighted by Crippen LogP contribution is -2.57. The van der Waals surface area contributed by atoms with Crippen LogP contribution in [-0.4, -0.2) is 16.0 Å². The van der Waals surface area contributed by atoms with Gasteiger partial charge in [-0.05, 0) is 36.7 Å². The van der Waals surface area contributed by atoms with E-state index in [2.05, 4.69) is 52.5 Å². The smallest absolute Gasteiger partial charge is 0.128 e. The van der Waals surface area contributed by atoms with Crippen LogP contribution in [0.1, 0.15) is 61.9 Å². The largest absolute Gasteiger partial charge is 0.309 e. The minimum Gasteiger partial charge on any atom is -0.309 e. The van der Waals surface area contributed by atoms with Gasteiger partial charge in [0.15, 0.2) is 0 Å². The zero-order valence-electron chi connectivity index (χ0n) is 15.2. The van der Waals surface area contributed by atoms with Gasteiger partial charge in [-0.3, -0.25) is 0 Å². The average molecular weight is 335 g/mol. The van der Waals surface area contributed by atoms with Gasteiger partial charge >= 0.3 is 0 Å². The normalized spacial score (nSPS) is 28.2. The van der Waals surface area contributed by atoms with Gasteiger partial charge in [-0.25, -0.2) is 9.97 Å². The number of rotatable bonds is 6. The van der Waals surface area contributed by atoms with Crippen molar-refractivity contribution in [1.82, 2.24) is 15.3 Å². The summed E-state index contributed by atoms with van der Waals surface area (Å²) in [7, 11) is 0. The number of fused-ring (bicyclic) bond motifs is 1. The molecule has 3 heteroatoms. The third kappa shape index (κ3) is 3.48. The van der Waals surface area contributed by atoms with Crippen molar-refractivity contribution >= 4 is 0 Å². The third-order valence-corrected chi connectivity index (χ3v) is 6.14. The standard InChI is InChI=1S/C22H29N3/c1-2-8-20-23-13-16(14-24-20)15-25-22-19-12-7-6-11-18(19)21(22)17-9-4-3-5-10-17/h3-5,9-10,13-14,18-19,21-22,25H,2,6-8,11-12,15H2,1H3/t18-,19+,21-,22-/m0/s1. The molecule has 1 heterocycles. The molecule has 2 fully saturated rings. The van der Waals surface area contributed by atoms with E-state index in [9.17, 15) is 0 Å². The van der Waals surface area contributed by atoms with Crippen molar-refractivity contribution in [3.63, 3.8) is 0 Å². The Balaban J connectivity index is 1.44. The van der Waals surface area contributed by atoms with Crippen LogP contribution in [0.15, 0.2) is 42.7 Å². The minimum atomic E-state index is 0.600. The van der Waals surface area contributed by atoms with Gasteiger partial charge in [0, 0.05) is 42.9 Å². The zero-order chi connectivity index (χ0) is 17.1. The Labute approximate surface area is 151 Å². The summed E-state index contributed by atoms with van der Waals surface area (Å²) in [5, 5.41) is 3.85. The van der Waals surface area contributed by atoms with Gasteiger partial charge in [-0.15, -0.1) is 0 Å². The van der Waals surface area contributed by atoms with Gasteiger partial charge in [0.2, 0.25) is 0 Å². The Morgan fingerprint density at radius 1 is 1.00 bits per heavy atom. The molecule has 0 radical (unpaired) electrons. The predicted octanol–water partition coefficient (Wildman–Crippen LogP) is 4.49. The van der Waals surface area contributed by atoms with Crippen molar-refractivity contribution in [3.05, 3.63) is 59.7 Å². The monoisotopic (exact) mass is 335 g/mol. The van der Waals surface area contributed by atoms with E-state index in [0.717, 1.165) is 37.0 Å². The van der Waals surface area contributed by atoms with E-state index in [4.69, 9.17) is 0 Å². The SMILES string of the molecule is CCCc1ncc(CN[C@H]2[C@@H]3CCCC[C@@H]3[C@@H]2c2ccccc2)cn1. The second kappa shape index (κ2) is 7.65. The molecule has 2 aliphatic carbocycles. The molecule has 132 valence electrons. The number of nitrogens with zero attached hydrogens (tertiary/aromatic N) is 2. The maximum absolute atomic E-state index is 4.50. The molecule has 0 aliphatic heterocycles. The summed E-state index contributed by atoms with van der Waals surface area (Å²) in [6.07, 6.45) is 11.7. The minimum absolute atomic E-state index is 0.600. The van der Waals surface area contributed by atoms with Crippen LogP contribution < -0.4 is 5.32 Å². The highest BCUT2D eigenvalue weighted by Gasteiger charge is 2.50. The lowest BCUT2D eigenvalue weighted by Gasteiger charge is -2.55. The summed E-state index contributed by atoms with van der Waals surface area (Å²) in [6, 6.07) is 11.7. The van der Waals surface area contributed by atoms with Crippen molar-refractivity contribution in [2.75, 3.05) is 0 Å². The van der Waals surface area contributed by atoms with E-state index in [1.165, 1.54) is 36.8 Å². The van der Waals surface area contributed by atoms with E-state index < -0.39 is 0 Å². The molecule has 2 saturated carbocycles. The molecule has 3 nitrogen and oxygen atoms in total. The summed E-state index contributed by atoms with van der Waals surface area (Å²) in [5.41, 5.74) is 2.71. The van der Waals surface area contributed by atoms with Crippen molar-refractivity contribution in [1.29, 1.82) is 0 Å². The molecule has 2 aliphatic rings. The Bertz CT molecular complexity index is 667. The second-order valence-corrected chi connectivity index (χ2v) is 7.71. The maximum atomic E-state index is 4.50. The molecule has 2 aromatic rings. The van der Waals surface area contributed by atoms with E-state index in [0.29, 0.717) is 12.0 Å². The Kier molecular flexibility index (Phi) is 5.12. The fraction of sp³-hybridized carbons (Fsp3) is 0.545. The zero-order valence-corrected chi connectivity index (χ0v) is 15.2. The lowest BCUT2D eigenvalue weighted by molar-refractivity contribution is 0.0254. The summed E-state index contributed by atoms with van der Waals surface area (Å²) in [6.45, 7) is 3.04. The molecular formula is C22H29N3. The number of hydrogen-bond acceptors (Lipinski definition) is 3. The third-order valence-electron chi connectivity index (χ3n) is 6.14. The summed E-state index contributed by atoms with van der Waals surface area (Å²) in [4.78, 5) is 9.00. The lowest BCUT2D eigenvalue weighted by atomic mass is 9.53. The Hall–Kier alpha value is -1.74. The highest BCUT2D eigenvalue weighted by atomic mass is 15.0. The number of aryl methyl sites for hydroxylation is 1. The number of benzene rings is 1. The molecule has 1 N–H and O–H groups in total. The van der Waals surface area contributed by atoms with Gasteiger partial charge in [0.25, 0.3) is 0 Å². The van der Waals surface area contributed by atoms with E-state index in [1.807, 2.05) is 12.4 Å². The fourth-order valence-corrected chi connectivity index (χ4v) is 4.94. The van der Waals surface area contributed by atoms with Crippen LogP contribution in [-0.2, 0) is 13.0 Å². The first kappa shape index (κ1) is 16.7. The van der Waals surface area contributed by atoms with E-state index in [-0.39, 0.29) is 0 Å². The van der Waals surface area contributed by atoms with Crippen LogP contribution in [0.2, 0.25) is 0 Å². The van der Waals surface area contributed by atoms with Crippen LogP contribution in [0, 0.1) is 11.8 Å². The Morgan fingerprint density at radius 2 is 1.72 bits per heavy atom. The first-order valence-corrected chi connectivity index (χ1v) is 9.95. The van der Waals surface area contributed by atoms with Crippen LogP contribution in [0.3, 0.4) is 0 Å². The first-order valence-electron chi connectivity index (χ1n) is 9.95. The summed E-state index contributed by atoms with van der Waals surface area (Å²) < 4.78 is 0. The van der Waals surface area contributed by atoms with Crippen molar-refractivity contribution in [3.8, 4) is 0 Å². The van der Waals surface area contributed by atoms with Crippen molar-refractivity contribution in [2.24, 2.45) is 11.8 Å². The fourth-order valence-electron chi connectivity index (χ4n) is 4.94. The van der Waals surface area contributed by atoms with Crippen molar-refractivity contribution < 1.29 is 0 Å². The predicted molar refractivity (Wildman–Crippen MR) is 101 cm³/mol. The molecule has 0 bridgehead atoms. The molecule has 4 atom stereocenters. The molecule has 0 unspecified atom stereocenters. The number of hydrogen-bond donors (Lipinski definition) is 1. The van der Waals surface area contributed by atoms with Crippen LogP contribution >= 0.6 is 0 Å². The quantitative estimate of drug-likeness (QED) is 0.845. The Morgan fingerprint density at radius 3 is 2.44 bits per heavy atom. The van der Waals surface area contributed by atoms with Gasteiger partial charge in [-0.1, -0.05) is 50.1 Å². The molecule has 0 saturated heterocycles. The molecule has 0 amide bonds. The van der Waals surface area contributed by atoms with Gasteiger partial charge in [0.1, 0.15) is 5.82 Å². The molecule has 4 rings (SSSR count). The molecule has 25 heavy (non-hydrogen) atoms. The first-order chi connectivity index (χ1) is 12.4. The van der Waals surface area contributed by atoms with Gasteiger partial charge < -0.3 is 5.32 Å². The topological polar surface area (TPSA) is 37.8 Å². The molecule has 0 spiro atoms. The van der Waals surface area contributed by atoms with Crippen LogP contribution in [0.25, 0.3) is 0 Å². The highest BCUT2D eigenvalue weighted by molar-refractivity contribution is 5.28. The number of aromatic nitrogens is 2.